The number of carbonyl (C=O) groups is 2. The monoisotopic (exact) mass is 500 g/mol. The van der Waals surface area contributed by atoms with Crippen LogP contribution in [0.2, 0.25) is 0 Å². The molecule has 0 aliphatic carbocycles. The van der Waals surface area contributed by atoms with Crippen LogP contribution in [0.1, 0.15) is 40.7 Å². The van der Waals surface area contributed by atoms with Gasteiger partial charge in [0.25, 0.3) is 5.91 Å². The average Bonchev–Trinajstić information content (AvgIpc) is 2.90. The molecule has 3 heterocycles. The first-order valence-electron chi connectivity index (χ1n) is 12.1. The summed E-state index contributed by atoms with van der Waals surface area (Å²) in [6, 6.07) is 20.4. The number of likely N-dealkylation sites (N-methyl/N-ethyl adjacent to an activating group) is 1. The first-order chi connectivity index (χ1) is 17.6. The molecule has 0 atom stereocenters. The minimum absolute atomic E-state index is 0.225. The third-order valence-electron chi connectivity index (χ3n) is 6.26. The second-order valence-corrected chi connectivity index (χ2v) is 10.0. The van der Waals surface area contributed by atoms with E-state index in [4.69, 9.17) is 4.74 Å². The number of fused-ring (bicyclic) bond motifs is 1. The van der Waals surface area contributed by atoms with Crippen molar-refractivity contribution in [3.8, 4) is 0 Å². The lowest BCUT2D eigenvalue weighted by Crippen LogP contribution is -2.29. The third kappa shape index (κ3) is 5.45. The number of benzene rings is 2. The van der Waals surface area contributed by atoms with Gasteiger partial charge in [0.15, 0.2) is 11.5 Å². The molecule has 1 N–H and O–H groups in total. The molecule has 1 aromatic heterocycles. The molecule has 0 saturated carbocycles. The second kappa shape index (κ2) is 11.0. The third-order valence-corrected chi connectivity index (χ3v) is 7.27. The summed E-state index contributed by atoms with van der Waals surface area (Å²) in [6.07, 6.45) is 5.39. The zero-order valence-electron chi connectivity index (χ0n) is 20.1. The number of nitrogens with zero attached hydrogens (tertiary/aromatic N) is 3. The Balaban J connectivity index is 1.40. The maximum absolute atomic E-state index is 13.3. The normalized spacial score (nSPS) is 15.9. The topological polar surface area (TPSA) is 74.8 Å². The number of amides is 1. The summed E-state index contributed by atoms with van der Waals surface area (Å²) in [5, 5.41) is 2.80. The van der Waals surface area contributed by atoms with Crippen molar-refractivity contribution in [2.24, 2.45) is 0 Å². The van der Waals surface area contributed by atoms with Crippen molar-refractivity contribution in [2.75, 3.05) is 25.5 Å². The number of hydrogen-bond acceptors (Lipinski definition) is 7. The Hall–Kier alpha value is -3.62. The van der Waals surface area contributed by atoms with E-state index in [0.29, 0.717) is 16.9 Å². The molecule has 0 unspecified atom stereocenters. The molecule has 0 bridgehead atoms. The molecule has 1 saturated heterocycles. The molecule has 36 heavy (non-hydrogen) atoms. The fourth-order valence-electron chi connectivity index (χ4n) is 4.43. The molecule has 2 aromatic carbocycles. The van der Waals surface area contributed by atoms with Gasteiger partial charge in [0.2, 0.25) is 0 Å². The molecule has 8 heteroatoms. The predicted molar refractivity (Wildman–Crippen MR) is 141 cm³/mol. The fraction of sp³-hybridized carbons (Fsp3) is 0.250. The molecule has 1 amide bonds. The van der Waals surface area contributed by atoms with E-state index < -0.39 is 11.9 Å². The van der Waals surface area contributed by atoms with Crippen LogP contribution in [0.3, 0.4) is 0 Å². The summed E-state index contributed by atoms with van der Waals surface area (Å²) >= 11 is 1.40. The molecule has 3 aromatic rings. The van der Waals surface area contributed by atoms with Crippen LogP contribution in [0.15, 0.2) is 83.5 Å². The number of aromatic nitrogens is 1. The van der Waals surface area contributed by atoms with E-state index in [9.17, 15) is 9.59 Å². The fourth-order valence-corrected chi connectivity index (χ4v) is 5.38. The van der Waals surface area contributed by atoms with E-state index in [0.717, 1.165) is 24.5 Å². The smallest absolute Gasteiger partial charge is 0.343 e. The van der Waals surface area contributed by atoms with Crippen LogP contribution in [0.25, 0.3) is 5.76 Å². The number of hydrogen-bond donors (Lipinski definition) is 1. The van der Waals surface area contributed by atoms with Gasteiger partial charge in [-0.05, 0) is 79.8 Å². The van der Waals surface area contributed by atoms with Gasteiger partial charge in [0.05, 0.1) is 5.56 Å². The molecule has 0 spiro atoms. The van der Waals surface area contributed by atoms with Gasteiger partial charge in [-0.15, -0.1) is 0 Å². The van der Waals surface area contributed by atoms with Crippen LogP contribution >= 0.6 is 11.9 Å². The molecular formula is C28H28N4O3S. The first kappa shape index (κ1) is 24.1. The molecule has 5 rings (SSSR count). The largest absolute Gasteiger partial charge is 0.420 e. The SMILES string of the molecule is CN1Sc2ccccc2C(OC(=O)c2ccc(CN3CCCCC3)cc2)=C1C(=O)Nc1ccccn1. The Morgan fingerprint density at radius 1 is 0.972 bits per heavy atom. The second-order valence-electron chi connectivity index (χ2n) is 8.85. The molecule has 2 aliphatic rings. The number of rotatable bonds is 6. The Morgan fingerprint density at radius 2 is 1.72 bits per heavy atom. The van der Waals surface area contributed by atoms with E-state index in [1.54, 1.807) is 47.9 Å². The van der Waals surface area contributed by atoms with Gasteiger partial charge in [-0.25, -0.2) is 9.78 Å². The predicted octanol–water partition coefficient (Wildman–Crippen LogP) is 5.18. The van der Waals surface area contributed by atoms with Crippen LogP contribution in [-0.4, -0.2) is 46.2 Å². The number of anilines is 1. The van der Waals surface area contributed by atoms with Gasteiger partial charge in [0.1, 0.15) is 5.82 Å². The lowest BCUT2D eigenvalue weighted by Gasteiger charge is -2.29. The molecular weight excluding hydrogens is 472 g/mol. The first-order valence-corrected chi connectivity index (χ1v) is 12.9. The summed E-state index contributed by atoms with van der Waals surface area (Å²) in [6.45, 7) is 3.12. The lowest BCUT2D eigenvalue weighted by molar-refractivity contribution is -0.113. The number of likely N-dealkylation sites (tertiary alicyclic amines) is 1. The highest BCUT2D eigenvalue weighted by molar-refractivity contribution is 7.97. The number of esters is 1. The van der Waals surface area contributed by atoms with Crippen molar-refractivity contribution in [1.29, 1.82) is 0 Å². The van der Waals surface area contributed by atoms with E-state index in [1.165, 1.54) is 36.8 Å². The number of nitrogens with one attached hydrogen (secondary N) is 1. The van der Waals surface area contributed by atoms with Crippen molar-refractivity contribution in [3.05, 3.63) is 95.3 Å². The Labute approximate surface area is 215 Å². The molecule has 7 nitrogen and oxygen atoms in total. The minimum atomic E-state index is -0.507. The van der Waals surface area contributed by atoms with Crippen LogP contribution in [0.5, 0.6) is 0 Å². The van der Waals surface area contributed by atoms with Crippen molar-refractivity contribution >= 4 is 35.4 Å². The van der Waals surface area contributed by atoms with Crippen LogP contribution < -0.4 is 5.32 Å². The van der Waals surface area contributed by atoms with Crippen LogP contribution in [0.4, 0.5) is 5.82 Å². The maximum Gasteiger partial charge on any atom is 0.343 e. The quantitative estimate of drug-likeness (QED) is 0.369. The van der Waals surface area contributed by atoms with Crippen LogP contribution in [0, 0.1) is 0 Å². The summed E-state index contributed by atoms with van der Waals surface area (Å²) in [5.41, 5.74) is 2.55. The van der Waals surface area contributed by atoms with E-state index in [2.05, 4.69) is 15.2 Å². The zero-order valence-corrected chi connectivity index (χ0v) is 21.0. The average molecular weight is 501 g/mol. The van der Waals surface area contributed by atoms with Crippen molar-refractivity contribution in [2.45, 2.75) is 30.7 Å². The lowest BCUT2D eigenvalue weighted by atomic mass is 10.1. The van der Waals surface area contributed by atoms with Crippen molar-refractivity contribution in [3.63, 3.8) is 0 Å². The van der Waals surface area contributed by atoms with Gasteiger partial charge >= 0.3 is 5.97 Å². The molecule has 0 radical (unpaired) electrons. The standard InChI is InChI=1S/C28H28N4O3S/c1-31-25(27(33)30-24-11-5-6-16-29-24)26(22-9-3-4-10-23(22)36-31)35-28(34)21-14-12-20(13-15-21)19-32-17-7-2-8-18-32/h3-6,9-16H,2,7-8,17-19H2,1H3,(H,29,30,33). The number of pyridine rings is 1. The Kier molecular flexibility index (Phi) is 7.34. The van der Waals surface area contributed by atoms with E-state index in [-0.39, 0.29) is 11.5 Å². The summed E-state index contributed by atoms with van der Waals surface area (Å²) in [4.78, 5) is 34.0. The number of carbonyl (C=O) groups excluding carboxylic acids is 2. The molecule has 2 aliphatic heterocycles. The van der Waals surface area contributed by atoms with Crippen LogP contribution in [-0.2, 0) is 16.1 Å². The van der Waals surface area contributed by atoms with Gasteiger partial charge in [-0.1, -0.05) is 36.8 Å². The maximum atomic E-state index is 13.3. The van der Waals surface area contributed by atoms with Gasteiger partial charge in [-0.3, -0.25) is 9.69 Å². The van der Waals surface area contributed by atoms with Gasteiger partial charge in [-0.2, -0.15) is 0 Å². The van der Waals surface area contributed by atoms with Gasteiger partial charge in [0, 0.05) is 30.2 Å². The highest BCUT2D eigenvalue weighted by Gasteiger charge is 2.31. The number of ether oxygens (including phenoxy) is 1. The zero-order chi connectivity index (χ0) is 24.9. The van der Waals surface area contributed by atoms with Crippen molar-refractivity contribution < 1.29 is 14.3 Å². The number of piperidine rings is 1. The highest BCUT2D eigenvalue weighted by atomic mass is 32.2. The highest BCUT2D eigenvalue weighted by Crippen LogP contribution is 2.41. The Morgan fingerprint density at radius 3 is 2.47 bits per heavy atom. The summed E-state index contributed by atoms with van der Waals surface area (Å²) in [7, 11) is 1.77. The van der Waals surface area contributed by atoms with E-state index in [1.807, 2.05) is 36.4 Å². The van der Waals surface area contributed by atoms with Gasteiger partial charge < -0.3 is 14.4 Å². The summed E-state index contributed by atoms with van der Waals surface area (Å²) < 4.78 is 7.64. The van der Waals surface area contributed by atoms with E-state index >= 15 is 0 Å². The summed E-state index contributed by atoms with van der Waals surface area (Å²) in [5.74, 6) is -0.268. The molecule has 184 valence electrons. The van der Waals surface area contributed by atoms with Crippen molar-refractivity contribution in [1.82, 2.24) is 14.2 Å². The minimum Gasteiger partial charge on any atom is -0.420 e. The molecule has 1 fully saturated rings. The Bertz CT molecular complexity index is 1270.